The Morgan fingerprint density at radius 1 is 1.47 bits per heavy atom. The number of ether oxygens (including phenoxy) is 1. The number of methoxy groups -OCH3 is 1. The van der Waals surface area contributed by atoms with Gasteiger partial charge in [0.1, 0.15) is 11.9 Å². The first-order chi connectivity index (χ1) is 7.02. The average Bonchev–Trinajstić information content (AvgIpc) is 2.24. The van der Waals surface area contributed by atoms with Gasteiger partial charge in [-0.05, 0) is 31.0 Å². The molecule has 3 nitrogen and oxygen atoms in total. The van der Waals surface area contributed by atoms with Crippen LogP contribution in [0, 0.1) is 13.8 Å². The molecule has 4 heteroatoms. The van der Waals surface area contributed by atoms with Crippen molar-refractivity contribution < 1.29 is 14.9 Å². The van der Waals surface area contributed by atoms with Crippen LogP contribution in [0.1, 0.15) is 22.8 Å². The van der Waals surface area contributed by atoms with Gasteiger partial charge in [0.15, 0.2) is 0 Å². The van der Waals surface area contributed by atoms with E-state index in [0.717, 1.165) is 11.1 Å². The van der Waals surface area contributed by atoms with Gasteiger partial charge in [-0.3, -0.25) is 0 Å². The van der Waals surface area contributed by atoms with Crippen molar-refractivity contribution in [1.29, 1.82) is 0 Å². The van der Waals surface area contributed by atoms with Crippen molar-refractivity contribution in [2.45, 2.75) is 20.0 Å². The van der Waals surface area contributed by atoms with Crippen molar-refractivity contribution in [2.75, 3.05) is 13.7 Å². The summed E-state index contributed by atoms with van der Waals surface area (Å²) in [6.45, 7) is 3.32. The fourth-order valence-electron chi connectivity index (χ4n) is 1.61. The molecular weight excluding hydrogens is 216 g/mol. The van der Waals surface area contributed by atoms with E-state index >= 15 is 0 Å². The number of hydrogen-bond acceptors (Lipinski definition) is 3. The summed E-state index contributed by atoms with van der Waals surface area (Å²) in [5.41, 5.74) is 2.19. The van der Waals surface area contributed by atoms with E-state index in [1.54, 1.807) is 13.0 Å². The first-order valence-corrected chi connectivity index (χ1v) is 5.03. The third-order valence-corrected chi connectivity index (χ3v) is 3.00. The molecule has 0 amide bonds. The van der Waals surface area contributed by atoms with Gasteiger partial charge in [0.05, 0.1) is 13.7 Å². The molecule has 0 bridgehead atoms. The van der Waals surface area contributed by atoms with Crippen molar-refractivity contribution in [3.63, 3.8) is 0 Å². The lowest BCUT2D eigenvalue weighted by molar-refractivity contribution is 0.0928. The molecule has 1 unspecified atom stereocenters. The van der Waals surface area contributed by atoms with Crippen LogP contribution in [0.25, 0.3) is 0 Å². The van der Waals surface area contributed by atoms with Crippen LogP contribution in [0.3, 0.4) is 0 Å². The van der Waals surface area contributed by atoms with Gasteiger partial charge in [-0.15, -0.1) is 0 Å². The van der Waals surface area contributed by atoms with Crippen molar-refractivity contribution in [2.24, 2.45) is 0 Å². The summed E-state index contributed by atoms with van der Waals surface area (Å²) in [5, 5.41) is 19.2. The van der Waals surface area contributed by atoms with Crippen LogP contribution in [0.15, 0.2) is 6.07 Å². The van der Waals surface area contributed by atoms with Crippen molar-refractivity contribution in [3.8, 4) is 5.75 Å². The SMILES string of the molecule is COc1cc(C)c(Cl)c(C)c1C(O)CO. The summed E-state index contributed by atoms with van der Waals surface area (Å²) >= 11 is 6.06. The zero-order valence-corrected chi connectivity index (χ0v) is 9.80. The van der Waals surface area contributed by atoms with E-state index in [9.17, 15) is 5.11 Å². The minimum Gasteiger partial charge on any atom is -0.496 e. The van der Waals surface area contributed by atoms with Crippen molar-refractivity contribution in [1.82, 2.24) is 0 Å². The minimum atomic E-state index is -0.960. The van der Waals surface area contributed by atoms with E-state index in [0.29, 0.717) is 16.3 Å². The Hall–Kier alpha value is -0.770. The molecular formula is C11H15ClO3. The van der Waals surface area contributed by atoms with Gasteiger partial charge in [-0.2, -0.15) is 0 Å². The van der Waals surface area contributed by atoms with Gasteiger partial charge in [0, 0.05) is 10.6 Å². The summed E-state index contributed by atoms with van der Waals surface area (Å²) in [5.74, 6) is 0.552. The zero-order valence-electron chi connectivity index (χ0n) is 9.04. The van der Waals surface area contributed by atoms with Gasteiger partial charge in [-0.1, -0.05) is 11.6 Å². The summed E-state index contributed by atoms with van der Waals surface area (Å²) in [6.07, 6.45) is -0.960. The first-order valence-electron chi connectivity index (χ1n) is 4.65. The van der Waals surface area contributed by atoms with Crippen LogP contribution in [-0.2, 0) is 0 Å². The summed E-state index contributed by atoms with van der Waals surface area (Å²) in [4.78, 5) is 0. The fraction of sp³-hybridized carbons (Fsp3) is 0.455. The predicted octanol–water partition coefficient (Wildman–Crippen LogP) is 1.99. The lowest BCUT2D eigenvalue weighted by Crippen LogP contribution is -2.08. The maximum atomic E-state index is 9.65. The molecule has 1 aromatic rings. The molecule has 0 aliphatic heterocycles. The second-order valence-corrected chi connectivity index (χ2v) is 3.82. The average molecular weight is 231 g/mol. The molecule has 0 aliphatic rings. The molecule has 0 aromatic heterocycles. The summed E-state index contributed by atoms with van der Waals surface area (Å²) in [7, 11) is 1.52. The molecule has 1 aromatic carbocycles. The fourth-order valence-corrected chi connectivity index (χ4v) is 1.77. The number of benzene rings is 1. The van der Waals surface area contributed by atoms with Crippen LogP contribution < -0.4 is 4.74 Å². The zero-order chi connectivity index (χ0) is 11.6. The Balaban J connectivity index is 3.40. The summed E-state index contributed by atoms with van der Waals surface area (Å²) in [6, 6.07) is 1.75. The number of hydrogen-bond donors (Lipinski definition) is 2. The second kappa shape index (κ2) is 4.84. The second-order valence-electron chi connectivity index (χ2n) is 3.45. The normalized spacial score (nSPS) is 12.7. The third-order valence-electron chi connectivity index (χ3n) is 2.42. The van der Waals surface area contributed by atoms with Crippen molar-refractivity contribution in [3.05, 3.63) is 27.8 Å². The van der Waals surface area contributed by atoms with Gasteiger partial charge in [-0.25, -0.2) is 0 Å². The predicted molar refractivity (Wildman–Crippen MR) is 59.5 cm³/mol. The third kappa shape index (κ3) is 2.25. The molecule has 15 heavy (non-hydrogen) atoms. The largest absolute Gasteiger partial charge is 0.496 e. The van der Waals surface area contributed by atoms with Crippen LogP contribution in [0.2, 0.25) is 5.02 Å². The number of halogens is 1. The lowest BCUT2D eigenvalue weighted by Gasteiger charge is -2.18. The Morgan fingerprint density at radius 2 is 2.07 bits per heavy atom. The number of aliphatic hydroxyl groups excluding tert-OH is 2. The smallest absolute Gasteiger partial charge is 0.125 e. The Bertz CT molecular complexity index is 363. The van der Waals surface area contributed by atoms with E-state index in [2.05, 4.69) is 0 Å². The standard InChI is InChI=1S/C11H15ClO3/c1-6-4-9(15-3)10(8(14)5-13)7(2)11(6)12/h4,8,13-14H,5H2,1-3H3. The molecule has 0 heterocycles. The molecule has 2 N–H and O–H groups in total. The molecule has 0 saturated carbocycles. The van der Waals surface area contributed by atoms with Crippen LogP contribution >= 0.6 is 11.6 Å². The van der Waals surface area contributed by atoms with E-state index in [1.807, 2.05) is 6.92 Å². The first kappa shape index (κ1) is 12.3. The highest BCUT2D eigenvalue weighted by Gasteiger charge is 2.18. The van der Waals surface area contributed by atoms with Crippen LogP contribution in [-0.4, -0.2) is 23.9 Å². The number of rotatable bonds is 3. The van der Waals surface area contributed by atoms with E-state index in [1.165, 1.54) is 7.11 Å². The highest BCUT2D eigenvalue weighted by Crippen LogP contribution is 2.35. The molecule has 0 saturated heterocycles. The molecule has 0 radical (unpaired) electrons. The quantitative estimate of drug-likeness (QED) is 0.835. The molecule has 0 spiro atoms. The van der Waals surface area contributed by atoms with Gasteiger partial charge >= 0.3 is 0 Å². The minimum absolute atomic E-state index is 0.351. The molecule has 1 rings (SSSR count). The Kier molecular flexibility index (Phi) is 3.97. The topological polar surface area (TPSA) is 49.7 Å². The van der Waals surface area contributed by atoms with Crippen LogP contribution in [0.4, 0.5) is 0 Å². The maximum Gasteiger partial charge on any atom is 0.125 e. The van der Waals surface area contributed by atoms with Gasteiger partial charge < -0.3 is 14.9 Å². The Labute approximate surface area is 94.3 Å². The Morgan fingerprint density at radius 3 is 2.53 bits per heavy atom. The molecule has 0 fully saturated rings. The number of aliphatic hydroxyl groups is 2. The van der Waals surface area contributed by atoms with E-state index < -0.39 is 6.10 Å². The highest BCUT2D eigenvalue weighted by atomic mass is 35.5. The molecule has 0 aliphatic carbocycles. The van der Waals surface area contributed by atoms with Crippen molar-refractivity contribution >= 4 is 11.6 Å². The molecule has 84 valence electrons. The highest BCUT2D eigenvalue weighted by molar-refractivity contribution is 6.32. The summed E-state index contributed by atoms with van der Waals surface area (Å²) < 4.78 is 5.16. The van der Waals surface area contributed by atoms with Crippen LogP contribution in [0.5, 0.6) is 5.75 Å². The number of aryl methyl sites for hydroxylation is 1. The monoisotopic (exact) mass is 230 g/mol. The van der Waals surface area contributed by atoms with E-state index in [-0.39, 0.29) is 6.61 Å². The van der Waals surface area contributed by atoms with Gasteiger partial charge in [0.25, 0.3) is 0 Å². The van der Waals surface area contributed by atoms with E-state index in [4.69, 9.17) is 21.4 Å². The molecule has 1 atom stereocenters. The lowest BCUT2D eigenvalue weighted by atomic mass is 10.00. The maximum absolute atomic E-state index is 9.65. The van der Waals surface area contributed by atoms with Gasteiger partial charge in [0.2, 0.25) is 0 Å².